The molecule has 0 unspecified atom stereocenters. The van der Waals surface area contributed by atoms with Crippen molar-refractivity contribution < 1.29 is 4.79 Å². The largest absolute Gasteiger partial charge is 0.342 e. The standard InChI is InChI=1S/C18H24N4O2/c1-12-8-18(24)22-16(19-12)10-15(20-22)14-6-7-21(11-14)17(23)9-13-4-2-3-5-13/h8,10,13-14,20H,2-7,9,11H2,1H3/t14-/m1/s1. The number of likely N-dealkylation sites (tertiary alicyclic amines) is 1. The van der Waals surface area contributed by atoms with E-state index in [1.165, 1.54) is 36.3 Å². The number of amides is 1. The minimum atomic E-state index is -0.0871. The number of hydrogen-bond acceptors (Lipinski definition) is 3. The smallest absolute Gasteiger partial charge is 0.272 e. The third-order valence-corrected chi connectivity index (χ3v) is 5.52. The molecule has 6 heteroatoms. The lowest BCUT2D eigenvalue weighted by atomic mass is 10.0. The molecule has 2 aromatic heterocycles. The molecule has 1 N–H and O–H groups in total. The lowest BCUT2D eigenvalue weighted by molar-refractivity contribution is -0.131. The zero-order valence-corrected chi connectivity index (χ0v) is 14.1. The van der Waals surface area contributed by atoms with Gasteiger partial charge in [-0.3, -0.25) is 14.7 Å². The number of hydrogen-bond donors (Lipinski definition) is 1. The van der Waals surface area contributed by atoms with E-state index in [0.717, 1.165) is 30.9 Å². The van der Waals surface area contributed by atoms with Gasteiger partial charge in [-0.15, -0.1) is 0 Å². The van der Waals surface area contributed by atoms with Crippen molar-refractivity contribution in [1.29, 1.82) is 0 Å². The molecule has 1 atom stereocenters. The van der Waals surface area contributed by atoms with Crippen LogP contribution in [0.2, 0.25) is 0 Å². The van der Waals surface area contributed by atoms with Gasteiger partial charge in [0.15, 0.2) is 5.65 Å². The van der Waals surface area contributed by atoms with Crippen molar-refractivity contribution in [1.82, 2.24) is 19.5 Å². The maximum absolute atomic E-state index is 12.5. The summed E-state index contributed by atoms with van der Waals surface area (Å²) in [5.41, 5.74) is 2.30. The summed E-state index contributed by atoms with van der Waals surface area (Å²) >= 11 is 0. The van der Waals surface area contributed by atoms with E-state index in [1.54, 1.807) is 0 Å². The van der Waals surface area contributed by atoms with Crippen LogP contribution in [0.1, 0.15) is 55.8 Å². The van der Waals surface area contributed by atoms with Crippen LogP contribution in [-0.4, -0.2) is 38.5 Å². The summed E-state index contributed by atoms with van der Waals surface area (Å²) in [7, 11) is 0. The van der Waals surface area contributed by atoms with Crippen LogP contribution in [0, 0.1) is 12.8 Å². The molecule has 24 heavy (non-hydrogen) atoms. The first-order valence-corrected chi connectivity index (χ1v) is 8.97. The van der Waals surface area contributed by atoms with Gasteiger partial charge in [0.1, 0.15) is 0 Å². The monoisotopic (exact) mass is 328 g/mol. The Bertz CT molecular complexity index is 816. The van der Waals surface area contributed by atoms with Crippen LogP contribution in [0.3, 0.4) is 0 Å². The molecular formula is C18H24N4O2. The average Bonchev–Trinajstić information content (AvgIpc) is 3.26. The number of H-pyrrole nitrogens is 1. The Hall–Kier alpha value is -2.11. The summed E-state index contributed by atoms with van der Waals surface area (Å²) in [4.78, 5) is 30.9. The van der Waals surface area contributed by atoms with Gasteiger partial charge < -0.3 is 4.90 Å². The fraction of sp³-hybridized carbons (Fsp3) is 0.611. The average molecular weight is 328 g/mol. The van der Waals surface area contributed by atoms with Crippen LogP contribution in [-0.2, 0) is 4.79 Å². The highest BCUT2D eigenvalue weighted by Gasteiger charge is 2.30. The highest BCUT2D eigenvalue weighted by molar-refractivity contribution is 5.77. The summed E-state index contributed by atoms with van der Waals surface area (Å²) in [5.74, 6) is 1.15. The first-order valence-electron chi connectivity index (χ1n) is 8.97. The van der Waals surface area contributed by atoms with Crippen LogP contribution >= 0.6 is 0 Å². The van der Waals surface area contributed by atoms with Crippen LogP contribution < -0.4 is 5.56 Å². The Morgan fingerprint density at radius 2 is 2.08 bits per heavy atom. The van der Waals surface area contributed by atoms with Crippen LogP contribution in [0.4, 0.5) is 0 Å². The summed E-state index contributed by atoms with van der Waals surface area (Å²) in [5, 5.41) is 3.17. The van der Waals surface area contributed by atoms with Crippen LogP contribution in [0.5, 0.6) is 0 Å². The molecule has 0 bridgehead atoms. The summed E-state index contributed by atoms with van der Waals surface area (Å²) in [6.45, 7) is 3.38. The van der Waals surface area contributed by atoms with E-state index in [0.29, 0.717) is 23.9 Å². The Kier molecular flexibility index (Phi) is 3.90. The van der Waals surface area contributed by atoms with Crippen molar-refractivity contribution in [2.75, 3.05) is 13.1 Å². The Balaban J connectivity index is 1.47. The number of rotatable bonds is 3. The van der Waals surface area contributed by atoms with Gasteiger partial charge in [0.25, 0.3) is 5.56 Å². The molecule has 128 valence electrons. The lowest BCUT2D eigenvalue weighted by Crippen LogP contribution is -2.29. The molecule has 0 spiro atoms. The molecule has 2 aliphatic rings. The molecule has 1 aliphatic carbocycles. The molecule has 2 aromatic rings. The SMILES string of the molecule is Cc1cc(=O)n2[nH]c([C@@H]3CCN(C(=O)CC4CCCC4)C3)cc2n1. The van der Waals surface area contributed by atoms with Crippen molar-refractivity contribution in [3.05, 3.63) is 33.9 Å². The summed E-state index contributed by atoms with van der Waals surface area (Å²) in [6, 6.07) is 3.48. The Morgan fingerprint density at radius 1 is 1.29 bits per heavy atom. The Morgan fingerprint density at radius 3 is 2.88 bits per heavy atom. The third-order valence-electron chi connectivity index (χ3n) is 5.52. The number of nitrogens with one attached hydrogen (secondary N) is 1. The highest BCUT2D eigenvalue weighted by atomic mass is 16.2. The molecule has 1 aliphatic heterocycles. The van der Waals surface area contributed by atoms with E-state index in [9.17, 15) is 9.59 Å². The predicted octanol–water partition coefficient (Wildman–Crippen LogP) is 2.23. The fourth-order valence-electron chi connectivity index (χ4n) is 4.17. The first-order chi connectivity index (χ1) is 11.6. The number of aromatic amines is 1. The number of aryl methyl sites for hydroxylation is 1. The fourth-order valence-corrected chi connectivity index (χ4v) is 4.17. The molecule has 0 aromatic carbocycles. The van der Waals surface area contributed by atoms with Gasteiger partial charge in [-0.25, -0.2) is 9.50 Å². The third kappa shape index (κ3) is 2.85. The molecule has 1 amide bonds. The van der Waals surface area contributed by atoms with Gasteiger partial charge in [0.05, 0.1) is 0 Å². The first kappa shape index (κ1) is 15.4. The molecular weight excluding hydrogens is 304 g/mol. The minimum absolute atomic E-state index is 0.0871. The number of aromatic nitrogens is 3. The number of carbonyl (C=O) groups excluding carboxylic acids is 1. The zero-order valence-electron chi connectivity index (χ0n) is 14.1. The molecule has 1 saturated carbocycles. The lowest BCUT2D eigenvalue weighted by Gasteiger charge is -2.18. The van der Waals surface area contributed by atoms with E-state index >= 15 is 0 Å². The maximum atomic E-state index is 12.5. The van der Waals surface area contributed by atoms with Gasteiger partial charge in [-0.05, 0) is 32.1 Å². The quantitative estimate of drug-likeness (QED) is 0.939. The molecule has 0 radical (unpaired) electrons. The van der Waals surface area contributed by atoms with Gasteiger partial charge in [0.2, 0.25) is 5.91 Å². The maximum Gasteiger partial charge on any atom is 0.272 e. The molecule has 2 fully saturated rings. The van der Waals surface area contributed by atoms with Gasteiger partial charge in [0, 0.05) is 48.9 Å². The number of nitrogens with zero attached hydrogens (tertiary/aromatic N) is 3. The van der Waals surface area contributed by atoms with E-state index in [-0.39, 0.29) is 11.5 Å². The minimum Gasteiger partial charge on any atom is -0.342 e. The van der Waals surface area contributed by atoms with Gasteiger partial charge in [-0.2, -0.15) is 0 Å². The molecule has 4 rings (SSSR count). The second-order valence-electron chi connectivity index (χ2n) is 7.32. The molecule has 3 heterocycles. The van der Waals surface area contributed by atoms with E-state index < -0.39 is 0 Å². The van der Waals surface area contributed by atoms with E-state index in [1.807, 2.05) is 17.9 Å². The van der Waals surface area contributed by atoms with Crippen LogP contribution in [0.25, 0.3) is 5.65 Å². The summed E-state index contributed by atoms with van der Waals surface area (Å²) in [6.07, 6.45) is 6.61. The zero-order chi connectivity index (χ0) is 16.7. The van der Waals surface area contributed by atoms with Gasteiger partial charge >= 0.3 is 0 Å². The van der Waals surface area contributed by atoms with Crippen molar-refractivity contribution in [2.45, 2.75) is 51.4 Å². The number of fused-ring (bicyclic) bond motifs is 1. The molecule has 1 saturated heterocycles. The second-order valence-corrected chi connectivity index (χ2v) is 7.32. The van der Waals surface area contributed by atoms with Crippen molar-refractivity contribution in [2.24, 2.45) is 5.92 Å². The van der Waals surface area contributed by atoms with E-state index in [2.05, 4.69) is 10.1 Å². The summed E-state index contributed by atoms with van der Waals surface area (Å²) < 4.78 is 1.49. The second kappa shape index (κ2) is 6.07. The van der Waals surface area contributed by atoms with E-state index in [4.69, 9.17) is 0 Å². The predicted molar refractivity (Wildman–Crippen MR) is 91.1 cm³/mol. The normalized spacial score (nSPS) is 21.9. The van der Waals surface area contributed by atoms with Crippen molar-refractivity contribution in [3.63, 3.8) is 0 Å². The van der Waals surface area contributed by atoms with Crippen LogP contribution in [0.15, 0.2) is 16.9 Å². The molecule has 6 nitrogen and oxygen atoms in total. The van der Waals surface area contributed by atoms with Gasteiger partial charge in [-0.1, -0.05) is 12.8 Å². The topological polar surface area (TPSA) is 70.5 Å². The van der Waals surface area contributed by atoms with Crippen molar-refractivity contribution in [3.8, 4) is 0 Å². The van der Waals surface area contributed by atoms with Crippen molar-refractivity contribution >= 4 is 11.6 Å². The number of carbonyl (C=O) groups is 1. The highest BCUT2D eigenvalue weighted by Crippen LogP contribution is 2.31. The Labute approximate surface area is 140 Å².